The first-order chi connectivity index (χ1) is 6.63. The van der Waals surface area contributed by atoms with Crippen molar-refractivity contribution >= 4 is 0 Å². The fourth-order valence-electron chi connectivity index (χ4n) is 2.47. The van der Waals surface area contributed by atoms with E-state index in [4.69, 9.17) is 0 Å². The van der Waals surface area contributed by atoms with E-state index >= 15 is 0 Å². The van der Waals surface area contributed by atoms with E-state index in [2.05, 4.69) is 44.3 Å². The largest absolute Gasteiger partial charge is 0.308 e. The van der Waals surface area contributed by atoms with Gasteiger partial charge in [0, 0.05) is 5.54 Å². The number of rotatable bonds is 1. The quantitative estimate of drug-likeness (QED) is 0.716. The first-order valence-electron chi connectivity index (χ1n) is 5.45. The van der Waals surface area contributed by atoms with Gasteiger partial charge in [0.15, 0.2) is 0 Å². The molecule has 76 valence electrons. The van der Waals surface area contributed by atoms with Gasteiger partial charge in [-0.25, -0.2) is 0 Å². The molecule has 1 N–H and O–H groups in total. The van der Waals surface area contributed by atoms with Gasteiger partial charge in [-0.3, -0.25) is 0 Å². The molecule has 1 aromatic rings. The van der Waals surface area contributed by atoms with Crippen molar-refractivity contribution in [1.82, 2.24) is 5.32 Å². The van der Waals surface area contributed by atoms with Crippen LogP contribution in [0.25, 0.3) is 0 Å². The van der Waals surface area contributed by atoms with Gasteiger partial charge < -0.3 is 5.32 Å². The van der Waals surface area contributed by atoms with Crippen molar-refractivity contribution in [2.75, 3.05) is 6.54 Å². The van der Waals surface area contributed by atoms with E-state index in [1.807, 2.05) is 0 Å². The lowest BCUT2D eigenvalue weighted by Crippen LogP contribution is -2.34. The number of benzene rings is 1. The first-order valence-corrected chi connectivity index (χ1v) is 5.45. The zero-order chi connectivity index (χ0) is 10.2. The molecular weight excluding hydrogens is 170 g/mol. The van der Waals surface area contributed by atoms with Crippen molar-refractivity contribution in [2.45, 2.75) is 39.2 Å². The van der Waals surface area contributed by atoms with Gasteiger partial charge in [-0.1, -0.05) is 18.2 Å². The SMILES string of the molecule is Cc1cccc(C2(C)CCCN2)c1C. The third kappa shape index (κ3) is 1.46. The van der Waals surface area contributed by atoms with Gasteiger partial charge in [-0.05, 0) is 56.8 Å². The lowest BCUT2D eigenvalue weighted by atomic mass is 9.86. The molecule has 1 heterocycles. The topological polar surface area (TPSA) is 12.0 Å². The lowest BCUT2D eigenvalue weighted by Gasteiger charge is -2.27. The van der Waals surface area contributed by atoms with Gasteiger partial charge in [0.1, 0.15) is 0 Å². The molecule has 1 saturated heterocycles. The molecule has 1 aromatic carbocycles. The monoisotopic (exact) mass is 189 g/mol. The molecule has 0 bridgehead atoms. The lowest BCUT2D eigenvalue weighted by molar-refractivity contribution is 0.432. The van der Waals surface area contributed by atoms with Crippen LogP contribution in [-0.4, -0.2) is 6.54 Å². The van der Waals surface area contributed by atoms with Crippen molar-refractivity contribution in [3.63, 3.8) is 0 Å². The summed E-state index contributed by atoms with van der Waals surface area (Å²) in [5.41, 5.74) is 4.55. The van der Waals surface area contributed by atoms with Crippen LogP contribution in [0.3, 0.4) is 0 Å². The highest BCUT2D eigenvalue weighted by molar-refractivity contribution is 5.38. The van der Waals surface area contributed by atoms with Crippen LogP contribution < -0.4 is 5.32 Å². The second kappa shape index (κ2) is 3.39. The van der Waals surface area contributed by atoms with Crippen LogP contribution >= 0.6 is 0 Å². The molecular formula is C13H19N. The molecule has 0 spiro atoms. The average Bonchev–Trinajstić information content (AvgIpc) is 2.58. The van der Waals surface area contributed by atoms with E-state index in [1.165, 1.54) is 29.5 Å². The van der Waals surface area contributed by atoms with Gasteiger partial charge in [0.25, 0.3) is 0 Å². The van der Waals surface area contributed by atoms with Crippen molar-refractivity contribution in [2.24, 2.45) is 0 Å². The van der Waals surface area contributed by atoms with Crippen LogP contribution in [0.4, 0.5) is 0 Å². The zero-order valence-electron chi connectivity index (χ0n) is 9.35. The highest BCUT2D eigenvalue weighted by atomic mass is 15.0. The Morgan fingerprint density at radius 3 is 2.71 bits per heavy atom. The molecule has 0 radical (unpaired) electrons. The molecule has 1 fully saturated rings. The van der Waals surface area contributed by atoms with Crippen molar-refractivity contribution in [3.8, 4) is 0 Å². The van der Waals surface area contributed by atoms with Gasteiger partial charge >= 0.3 is 0 Å². The maximum absolute atomic E-state index is 3.62. The molecule has 2 rings (SSSR count). The van der Waals surface area contributed by atoms with Crippen molar-refractivity contribution in [1.29, 1.82) is 0 Å². The van der Waals surface area contributed by atoms with E-state index < -0.39 is 0 Å². The summed E-state index contributed by atoms with van der Waals surface area (Å²) in [6.45, 7) is 7.90. The minimum Gasteiger partial charge on any atom is -0.308 e. The van der Waals surface area contributed by atoms with Gasteiger partial charge in [-0.15, -0.1) is 0 Å². The van der Waals surface area contributed by atoms with Gasteiger partial charge in [0.2, 0.25) is 0 Å². The Hall–Kier alpha value is -0.820. The summed E-state index contributed by atoms with van der Waals surface area (Å²) in [5, 5.41) is 3.62. The highest BCUT2D eigenvalue weighted by Gasteiger charge is 2.31. The van der Waals surface area contributed by atoms with E-state index in [9.17, 15) is 0 Å². The summed E-state index contributed by atoms with van der Waals surface area (Å²) in [6, 6.07) is 6.63. The Labute approximate surface area is 86.5 Å². The van der Waals surface area contributed by atoms with E-state index in [-0.39, 0.29) is 5.54 Å². The number of nitrogens with one attached hydrogen (secondary N) is 1. The van der Waals surface area contributed by atoms with E-state index in [0.29, 0.717) is 0 Å². The summed E-state index contributed by atoms with van der Waals surface area (Å²) in [6.07, 6.45) is 2.56. The summed E-state index contributed by atoms with van der Waals surface area (Å²) in [4.78, 5) is 0. The second-order valence-corrected chi connectivity index (χ2v) is 4.61. The number of aryl methyl sites for hydroxylation is 1. The Morgan fingerprint density at radius 1 is 1.29 bits per heavy atom. The standard InChI is InChI=1S/C13H19N/c1-10-6-4-7-12(11(10)2)13(3)8-5-9-14-13/h4,6-7,14H,5,8-9H2,1-3H3. The maximum Gasteiger partial charge on any atom is 0.0409 e. The predicted octanol–water partition coefficient (Wildman–Crippen LogP) is 2.90. The van der Waals surface area contributed by atoms with E-state index in [0.717, 1.165) is 6.54 Å². The van der Waals surface area contributed by atoms with Crippen LogP contribution in [-0.2, 0) is 5.54 Å². The molecule has 1 nitrogen and oxygen atoms in total. The van der Waals surface area contributed by atoms with Gasteiger partial charge in [0.05, 0.1) is 0 Å². The molecule has 0 aliphatic carbocycles. The smallest absolute Gasteiger partial charge is 0.0409 e. The summed E-state index contributed by atoms with van der Waals surface area (Å²) < 4.78 is 0. The zero-order valence-corrected chi connectivity index (χ0v) is 9.35. The molecule has 1 unspecified atom stereocenters. The minimum absolute atomic E-state index is 0.218. The Balaban J connectivity index is 2.45. The van der Waals surface area contributed by atoms with Gasteiger partial charge in [-0.2, -0.15) is 0 Å². The third-order valence-corrected chi connectivity index (χ3v) is 3.57. The number of hydrogen-bond acceptors (Lipinski definition) is 1. The Bertz CT molecular complexity index is 335. The molecule has 1 aliphatic rings. The average molecular weight is 189 g/mol. The summed E-state index contributed by atoms with van der Waals surface area (Å²) in [5.74, 6) is 0. The molecule has 0 amide bonds. The van der Waals surface area contributed by atoms with Crippen LogP contribution in [0, 0.1) is 13.8 Å². The molecule has 1 atom stereocenters. The Morgan fingerprint density at radius 2 is 2.07 bits per heavy atom. The van der Waals surface area contributed by atoms with E-state index in [1.54, 1.807) is 0 Å². The second-order valence-electron chi connectivity index (χ2n) is 4.61. The van der Waals surface area contributed by atoms with Crippen LogP contribution in [0.1, 0.15) is 36.5 Å². The highest BCUT2D eigenvalue weighted by Crippen LogP contribution is 2.33. The maximum atomic E-state index is 3.62. The molecule has 14 heavy (non-hydrogen) atoms. The normalized spacial score (nSPS) is 26.8. The summed E-state index contributed by atoms with van der Waals surface area (Å²) in [7, 11) is 0. The van der Waals surface area contributed by atoms with Crippen LogP contribution in [0.15, 0.2) is 18.2 Å². The first kappa shape index (κ1) is 9.72. The third-order valence-electron chi connectivity index (χ3n) is 3.57. The predicted molar refractivity (Wildman–Crippen MR) is 60.5 cm³/mol. The van der Waals surface area contributed by atoms with Crippen molar-refractivity contribution in [3.05, 3.63) is 34.9 Å². The summed E-state index contributed by atoms with van der Waals surface area (Å²) >= 11 is 0. The molecule has 0 aromatic heterocycles. The van der Waals surface area contributed by atoms with Crippen molar-refractivity contribution < 1.29 is 0 Å². The Kier molecular flexibility index (Phi) is 2.36. The van der Waals surface area contributed by atoms with Crippen LogP contribution in [0.5, 0.6) is 0 Å². The molecule has 1 heteroatoms. The molecule has 0 saturated carbocycles. The fourth-order valence-corrected chi connectivity index (χ4v) is 2.47. The van der Waals surface area contributed by atoms with Crippen LogP contribution in [0.2, 0.25) is 0 Å². The number of hydrogen-bond donors (Lipinski definition) is 1. The fraction of sp³-hybridized carbons (Fsp3) is 0.538. The minimum atomic E-state index is 0.218. The molecule has 1 aliphatic heterocycles.